The number of benzene rings is 1. The van der Waals surface area contributed by atoms with Crippen molar-refractivity contribution in [2.24, 2.45) is 0 Å². The van der Waals surface area contributed by atoms with Crippen molar-refractivity contribution in [3.63, 3.8) is 0 Å². The second kappa shape index (κ2) is 9.07. The van der Waals surface area contributed by atoms with Crippen molar-refractivity contribution >= 4 is 5.82 Å². The molecule has 2 aromatic heterocycles. The van der Waals surface area contributed by atoms with Gasteiger partial charge in [0.05, 0.1) is 6.54 Å². The van der Waals surface area contributed by atoms with Crippen LogP contribution >= 0.6 is 0 Å². The van der Waals surface area contributed by atoms with Gasteiger partial charge in [0.2, 0.25) is 11.8 Å². The molecule has 162 valence electrons. The van der Waals surface area contributed by atoms with Crippen molar-refractivity contribution in [3.8, 4) is 11.3 Å². The molecule has 9 heteroatoms. The third-order valence-corrected chi connectivity index (χ3v) is 5.90. The van der Waals surface area contributed by atoms with Gasteiger partial charge in [0.15, 0.2) is 11.6 Å². The minimum Gasteiger partial charge on any atom is -0.424 e. The van der Waals surface area contributed by atoms with Crippen LogP contribution in [-0.4, -0.2) is 64.5 Å². The fourth-order valence-corrected chi connectivity index (χ4v) is 4.13. The molecule has 0 spiro atoms. The maximum absolute atomic E-state index is 15.1. The van der Waals surface area contributed by atoms with E-state index in [0.29, 0.717) is 48.8 Å². The topological polar surface area (TPSA) is 80.4 Å². The predicted octanol–water partition coefficient (Wildman–Crippen LogP) is 2.88. The highest BCUT2D eigenvalue weighted by molar-refractivity contribution is 5.63. The Kier molecular flexibility index (Phi) is 5.86. The Morgan fingerprint density at radius 1 is 0.968 bits per heavy atom. The van der Waals surface area contributed by atoms with E-state index in [1.165, 1.54) is 6.33 Å². The number of anilines is 1. The van der Waals surface area contributed by atoms with Gasteiger partial charge in [-0.05, 0) is 12.8 Å². The van der Waals surface area contributed by atoms with Crippen LogP contribution in [0.5, 0.6) is 0 Å². The number of rotatable bonds is 5. The summed E-state index contributed by atoms with van der Waals surface area (Å²) in [7, 11) is 0. The van der Waals surface area contributed by atoms with Gasteiger partial charge in [-0.2, -0.15) is 0 Å². The zero-order chi connectivity index (χ0) is 21.0. The molecule has 0 unspecified atom stereocenters. The van der Waals surface area contributed by atoms with Crippen molar-refractivity contribution in [2.75, 3.05) is 44.3 Å². The second-order valence-electron chi connectivity index (χ2n) is 7.91. The summed E-state index contributed by atoms with van der Waals surface area (Å²) in [4.78, 5) is 12.6. The van der Waals surface area contributed by atoms with Crippen LogP contribution < -0.4 is 4.90 Å². The van der Waals surface area contributed by atoms with Gasteiger partial charge in [0, 0.05) is 50.9 Å². The molecule has 0 bridgehead atoms. The van der Waals surface area contributed by atoms with E-state index >= 15 is 4.39 Å². The third kappa shape index (κ3) is 4.42. The van der Waals surface area contributed by atoms with E-state index in [0.717, 1.165) is 44.7 Å². The van der Waals surface area contributed by atoms with E-state index in [4.69, 9.17) is 9.15 Å². The maximum atomic E-state index is 15.1. The van der Waals surface area contributed by atoms with E-state index in [2.05, 4.69) is 25.1 Å². The van der Waals surface area contributed by atoms with Crippen LogP contribution in [-0.2, 0) is 11.3 Å². The van der Waals surface area contributed by atoms with Gasteiger partial charge in [-0.25, -0.2) is 14.4 Å². The predicted molar refractivity (Wildman–Crippen MR) is 112 cm³/mol. The second-order valence-corrected chi connectivity index (χ2v) is 7.91. The van der Waals surface area contributed by atoms with Crippen LogP contribution in [0.3, 0.4) is 0 Å². The molecule has 2 aliphatic heterocycles. The summed E-state index contributed by atoms with van der Waals surface area (Å²) >= 11 is 0. The summed E-state index contributed by atoms with van der Waals surface area (Å²) in [6.45, 7) is 4.96. The molecule has 0 aliphatic carbocycles. The average Bonchev–Trinajstić information content (AvgIpc) is 3.30. The first-order valence-corrected chi connectivity index (χ1v) is 10.7. The van der Waals surface area contributed by atoms with Crippen molar-refractivity contribution < 1.29 is 13.5 Å². The molecule has 4 heterocycles. The van der Waals surface area contributed by atoms with Crippen molar-refractivity contribution in [2.45, 2.75) is 25.3 Å². The van der Waals surface area contributed by atoms with E-state index in [9.17, 15) is 0 Å². The largest absolute Gasteiger partial charge is 0.424 e. The molecule has 31 heavy (non-hydrogen) atoms. The molecule has 0 saturated carbocycles. The molecule has 2 fully saturated rings. The van der Waals surface area contributed by atoms with Crippen molar-refractivity contribution in [3.05, 3.63) is 54.3 Å². The summed E-state index contributed by atoms with van der Waals surface area (Å²) in [5, 5.41) is 8.47. The first-order valence-electron chi connectivity index (χ1n) is 10.7. The lowest BCUT2D eigenvalue weighted by Crippen LogP contribution is -2.46. The third-order valence-electron chi connectivity index (χ3n) is 5.90. The highest BCUT2D eigenvalue weighted by atomic mass is 19.1. The summed E-state index contributed by atoms with van der Waals surface area (Å²) in [6.07, 6.45) is 3.29. The van der Waals surface area contributed by atoms with E-state index in [-0.39, 0.29) is 5.82 Å². The molecule has 0 atom stereocenters. The Bertz CT molecular complexity index is 1000. The molecule has 0 amide bonds. The Morgan fingerprint density at radius 2 is 1.74 bits per heavy atom. The number of ether oxygens (including phenoxy) is 1. The molecule has 1 aromatic carbocycles. The number of halogens is 1. The molecular formula is C22H25FN6O2. The van der Waals surface area contributed by atoms with Crippen LogP contribution in [0.15, 0.2) is 41.1 Å². The van der Waals surface area contributed by atoms with Gasteiger partial charge in [0.25, 0.3) is 0 Å². The molecule has 0 radical (unpaired) electrons. The fourth-order valence-electron chi connectivity index (χ4n) is 4.13. The lowest BCUT2D eigenvalue weighted by atomic mass is 10.0. The average molecular weight is 424 g/mol. The lowest BCUT2D eigenvalue weighted by Gasteiger charge is -2.34. The number of hydrogen-bond donors (Lipinski definition) is 0. The number of hydrogen-bond acceptors (Lipinski definition) is 8. The monoisotopic (exact) mass is 424 g/mol. The number of nitrogens with zero attached hydrogens (tertiary/aromatic N) is 6. The first-order chi connectivity index (χ1) is 15.3. The van der Waals surface area contributed by atoms with Crippen LogP contribution in [0.4, 0.5) is 10.2 Å². The van der Waals surface area contributed by atoms with Crippen molar-refractivity contribution in [1.29, 1.82) is 0 Å². The van der Waals surface area contributed by atoms with Gasteiger partial charge in [-0.15, -0.1) is 10.2 Å². The Balaban J connectivity index is 1.21. The molecular weight excluding hydrogens is 399 g/mol. The minimum absolute atomic E-state index is 0.298. The van der Waals surface area contributed by atoms with Crippen LogP contribution in [0.25, 0.3) is 11.3 Å². The molecule has 5 rings (SSSR count). The Morgan fingerprint density at radius 3 is 2.52 bits per heavy atom. The zero-order valence-corrected chi connectivity index (χ0v) is 17.3. The normalized spacial score (nSPS) is 18.4. The molecule has 2 aliphatic rings. The van der Waals surface area contributed by atoms with E-state index in [1.807, 2.05) is 35.2 Å². The van der Waals surface area contributed by atoms with Gasteiger partial charge in [0.1, 0.15) is 12.0 Å². The van der Waals surface area contributed by atoms with Gasteiger partial charge < -0.3 is 14.1 Å². The van der Waals surface area contributed by atoms with E-state index < -0.39 is 0 Å². The SMILES string of the molecule is Fc1c(-c2ccccc2)ncnc1N1CCN(Cc2nnc(C3CCOCC3)o2)CC1. The highest BCUT2D eigenvalue weighted by Crippen LogP contribution is 2.28. The highest BCUT2D eigenvalue weighted by Gasteiger charge is 2.25. The van der Waals surface area contributed by atoms with Crippen LogP contribution in [0, 0.1) is 5.82 Å². The van der Waals surface area contributed by atoms with Crippen LogP contribution in [0.2, 0.25) is 0 Å². The molecule has 2 saturated heterocycles. The van der Waals surface area contributed by atoms with Gasteiger partial charge >= 0.3 is 0 Å². The molecule has 3 aromatic rings. The molecule has 0 N–H and O–H groups in total. The summed E-state index contributed by atoms with van der Waals surface area (Å²) < 4.78 is 26.4. The van der Waals surface area contributed by atoms with Gasteiger partial charge in [-0.1, -0.05) is 30.3 Å². The van der Waals surface area contributed by atoms with Crippen LogP contribution in [0.1, 0.15) is 30.5 Å². The standard InChI is InChI=1S/C22H25FN6O2/c23-19-20(16-4-2-1-3-5-16)24-15-25-21(19)29-10-8-28(9-11-29)14-18-26-27-22(31-18)17-6-12-30-13-7-17/h1-5,15,17H,6-14H2. The summed E-state index contributed by atoms with van der Waals surface area (Å²) in [6, 6.07) is 9.36. The summed E-state index contributed by atoms with van der Waals surface area (Å²) in [5.74, 6) is 1.63. The minimum atomic E-state index is -0.375. The van der Waals surface area contributed by atoms with Gasteiger partial charge in [-0.3, -0.25) is 4.90 Å². The zero-order valence-electron chi connectivity index (χ0n) is 17.3. The lowest BCUT2D eigenvalue weighted by molar-refractivity contribution is 0.0788. The maximum Gasteiger partial charge on any atom is 0.230 e. The number of piperazine rings is 1. The first kappa shape index (κ1) is 20.0. The number of aromatic nitrogens is 4. The van der Waals surface area contributed by atoms with Crippen molar-refractivity contribution in [1.82, 2.24) is 25.1 Å². The molecule has 8 nitrogen and oxygen atoms in total. The van der Waals surface area contributed by atoms with E-state index in [1.54, 1.807) is 0 Å². The summed E-state index contributed by atoms with van der Waals surface area (Å²) in [5.41, 5.74) is 1.08. The Labute approximate surface area is 180 Å². The quantitative estimate of drug-likeness (QED) is 0.619. The smallest absolute Gasteiger partial charge is 0.230 e. The Hall–Kier alpha value is -2.91. The fraction of sp³-hybridized carbons (Fsp3) is 0.455.